The number of benzene rings is 1. The normalized spacial score (nSPS) is 10.5. The summed E-state index contributed by atoms with van der Waals surface area (Å²) in [7, 11) is 1.69. The van der Waals surface area contributed by atoms with Gasteiger partial charge in [-0.2, -0.15) is 0 Å². The van der Waals surface area contributed by atoms with Crippen molar-refractivity contribution < 1.29 is 4.74 Å². The average molecular weight is 322 g/mol. The van der Waals surface area contributed by atoms with E-state index in [4.69, 9.17) is 4.74 Å². The molecular formula is C14H16BrN3O. The first-order chi connectivity index (χ1) is 9.22. The van der Waals surface area contributed by atoms with Crippen LogP contribution in [0.15, 0.2) is 34.9 Å². The topological polar surface area (TPSA) is 47.0 Å². The van der Waals surface area contributed by atoms with Gasteiger partial charge in [0.05, 0.1) is 6.61 Å². The Morgan fingerprint density at radius 3 is 2.79 bits per heavy atom. The second kappa shape index (κ2) is 6.63. The van der Waals surface area contributed by atoms with Crippen molar-refractivity contribution in [2.24, 2.45) is 0 Å². The number of hydrogen-bond acceptors (Lipinski definition) is 4. The van der Waals surface area contributed by atoms with E-state index in [1.807, 2.05) is 37.3 Å². The van der Waals surface area contributed by atoms with Crippen molar-refractivity contribution in [3.8, 4) is 0 Å². The summed E-state index contributed by atoms with van der Waals surface area (Å²) >= 11 is 3.40. The number of ether oxygens (including phenoxy) is 1. The molecule has 19 heavy (non-hydrogen) atoms. The molecular weight excluding hydrogens is 306 g/mol. The van der Waals surface area contributed by atoms with E-state index < -0.39 is 0 Å². The van der Waals surface area contributed by atoms with Crippen LogP contribution in [0.25, 0.3) is 0 Å². The molecule has 0 fully saturated rings. The van der Waals surface area contributed by atoms with E-state index in [1.165, 1.54) is 0 Å². The highest BCUT2D eigenvalue weighted by Gasteiger charge is 2.05. The second-order valence-corrected chi connectivity index (χ2v) is 4.87. The molecule has 1 heterocycles. The molecule has 0 bridgehead atoms. The van der Waals surface area contributed by atoms with E-state index in [9.17, 15) is 0 Å². The predicted octanol–water partition coefficient (Wildman–Crippen LogP) is 3.69. The third-order valence-electron chi connectivity index (χ3n) is 2.64. The minimum Gasteiger partial charge on any atom is -0.380 e. The van der Waals surface area contributed by atoms with Crippen LogP contribution in [0, 0.1) is 0 Å². The third-order valence-corrected chi connectivity index (χ3v) is 3.04. The molecule has 4 nitrogen and oxygen atoms in total. The highest BCUT2D eigenvalue weighted by molar-refractivity contribution is 9.10. The number of halogens is 1. The number of methoxy groups -OCH3 is 1. The van der Waals surface area contributed by atoms with E-state index in [0.717, 1.165) is 33.9 Å². The van der Waals surface area contributed by atoms with Crippen LogP contribution < -0.4 is 5.32 Å². The van der Waals surface area contributed by atoms with Crippen molar-refractivity contribution in [3.05, 3.63) is 46.3 Å². The molecule has 0 radical (unpaired) electrons. The van der Waals surface area contributed by atoms with E-state index >= 15 is 0 Å². The van der Waals surface area contributed by atoms with E-state index in [-0.39, 0.29) is 0 Å². The summed E-state index contributed by atoms with van der Waals surface area (Å²) in [5, 5.41) is 3.31. The number of para-hydroxylation sites is 1. The predicted molar refractivity (Wildman–Crippen MR) is 79.5 cm³/mol. The van der Waals surface area contributed by atoms with Crippen LogP contribution in [0.1, 0.15) is 18.3 Å². The lowest BCUT2D eigenvalue weighted by molar-refractivity contribution is 0.185. The lowest BCUT2D eigenvalue weighted by atomic mass is 10.2. The maximum atomic E-state index is 5.19. The molecule has 0 unspecified atom stereocenters. The number of rotatable bonds is 5. The Balaban J connectivity index is 2.28. The Morgan fingerprint density at radius 2 is 2.05 bits per heavy atom. The number of nitrogens with zero attached hydrogens (tertiary/aromatic N) is 2. The summed E-state index contributed by atoms with van der Waals surface area (Å²) in [5.74, 6) is 1.59. The summed E-state index contributed by atoms with van der Waals surface area (Å²) in [6.45, 7) is 2.60. The molecule has 0 aliphatic carbocycles. The molecule has 0 saturated heterocycles. The highest BCUT2D eigenvalue weighted by Crippen LogP contribution is 2.22. The van der Waals surface area contributed by atoms with Crippen molar-refractivity contribution in [1.29, 1.82) is 0 Å². The molecule has 5 heteroatoms. The number of nitrogens with one attached hydrogen (secondary N) is 1. The van der Waals surface area contributed by atoms with Crippen LogP contribution in [-0.4, -0.2) is 17.1 Å². The van der Waals surface area contributed by atoms with Crippen LogP contribution >= 0.6 is 15.9 Å². The van der Waals surface area contributed by atoms with E-state index in [2.05, 4.69) is 31.2 Å². The van der Waals surface area contributed by atoms with Crippen LogP contribution in [0.4, 0.5) is 11.5 Å². The summed E-state index contributed by atoms with van der Waals surface area (Å²) < 4.78 is 5.98. The van der Waals surface area contributed by atoms with E-state index in [0.29, 0.717) is 6.61 Å². The van der Waals surface area contributed by atoms with Crippen LogP contribution in [0.2, 0.25) is 0 Å². The Hall–Kier alpha value is -1.46. The van der Waals surface area contributed by atoms with Gasteiger partial charge in [0.1, 0.15) is 16.2 Å². The summed E-state index contributed by atoms with van der Waals surface area (Å²) in [4.78, 5) is 8.75. The molecule has 0 aliphatic heterocycles. The number of aromatic nitrogens is 2. The molecule has 1 aromatic carbocycles. The van der Waals surface area contributed by atoms with Gasteiger partial charge >= 0.3 is 0 Å². The lowest BCUT2D eigenvalue weighted by Crippen LogP contribution is -2.02. The van der Waals surface area contributed by atoms with Gasteiger partial charge in [-0.05, 0) is 22.0 Å². The zero-order valence-corrected chi connectivity index (χ0v) is 12.6. The number of anilines is 2. The first-order valence-electron chi connectivity index (χ1n) is 6.10. The summed E-state index contributed by atoms with van der Waals surface area (Å²) in [6, 6.07) is 9.88. The first kappa shape index (κ1) is 14.0. The molecule has 2 rings (SSSR count). The minimum absolute atomic E-state index is 0.566. The van der Waals surface area contributed by atoms with Crippen LogP contribution in [0.5, 0.6) is 0 Å². The van der Waals surface area contributed by atoms with Crippen molar-refractivity contribution in [1.82, 2.24) is 9.97 Å². The van der Waals surface area contributed by atoms with Gasteiger partial charge in [-0.25, -0.2) is 9.97 Å². The zero-order valence-electron chi connectivity index (χ0n) is 11.0. The Kier molecular flexibility index (Phi) is 4.87. The van der Waals surface area contributed by atoms with Crippen molar-refractivity contribution >= 4 is 27.4 Å². The molecule has 2 aromatic rings. The number of hydrogen-bond donors (Lipinski definition) is 1. The Morgan fingerprint density at radius 1 is 1.26 bits per heavy atom. The van der Waals surface area contributed by atoms with Gasteiger partial charge in [0, 0.05) is 30.8 Å². The minimum atomic E-state index is 0.566. The largest absolute Gasteiger partial charge is 0.380 e. The molecule has 0 spiro atoms. The monoisotopic (exact) mass is 321 g/mol. The fourth-order valence-electron chi connectivity index (χ4n) is 1.75. The molecule has 100 valence electrons. The highest BCUT2D eigenvalue weighted by atomic mass is 79.9. The standard InChI is InChI=1S/C14H16BrN3O/c1-3-13-17-12(15)8-14(18-13)16-11-7-5-4-6-10(11)9-19-2/h4-8H,3,9H2,1-2H3,(H,16,17,18). The Bertz CT molecular complexity index is 560. The molecule has 1 aromatic heterocycles. The van der Waals surface area contributed by atoms with Gasteiger partial charge in [0.25, 0.3) is 0 Å². The SMILES string of the molecule is CCc1nc(Br)cc(Nc2ccccc2COC)n1. The summed E-state index contributed by atoms with van der Waals surface area (Å²) in [6.07, 6.45) is 0.799. The van der Waals surface area contributed by atoms with Crippen LogP contribution in [-0.2, 0) is 17.8 Å². The fraction of sp³-hybridized carbons (Fsp3) is 0.286. The Labute approximate surface area is 121 Å². The van der Waals surface area contributed by atoms with Gasteiger partial charge < -0.3 is 10.1 Å². The van der Waals surface area contributed by atoms with Crippen molar-refractivity contribution in [3.63, 3.8) is 0 Å². The molecule has 0 aliphatic rings. The van der Waals surface area contributed by atoms with Crippen LogP contribution in [0.3, 0.4) is 0 Å². The van der Waals surface area contributed by atoms with Gasteiger partial charge in [-0.15, -0.1) is 0 Å². The molecule has 0 saturated carbocycles. The van der Waals surface area contributed by atoms with Crippen molar-refractivity contribution in [2.75, 3.05) is 12.4 Å². The van der Waals surface area contributed by atoms with Gasteiger partial charge in [0.2, 0.25) is 0 Å². The molecule has 0 atom stereocenters. The van der Waals surface area contributed by atoms with Gasteiger partial charge in [-0.3, -0.25) is 0 Å². The average Bonchev–Trinajstić information content (AvgIpc) is 2.40. The smallest absolute Gasteiger partial charge is 0.135 e. The van der Waals surface area contributed by atoms with Crippen molar-refractivity contribution in [2.45, 2.75) is 20.0 Å². The van der Waals surface area contributed by atoms with Gasteiger partial charge in [-0.1, -0.05) is 25.1 Å². The fourth-order valence-corrected chi connectivity index (χ4v) is 2.17. The molecule has 1 N–H and O–H groups in total. The third kappa shape index (κ3) is 3.75. The second-order valence-electron chi connectivity index (χ2n) is 4.06. The maximum absolute atomic E-state index is 5.19. The lowest BCUT2D eigenvalue weighted by Gasteiger charge is -2.11. The zero-order chi connectivity index (χ0) is 13.7. The first-order valence-corrected chi connectivity index (χ1v) is 6.89. The molecule has 0 amide bonds. The maximum Gasteiger partial charge on any atom is 0.135 e. The summed E-state index contributed by atoms with van der Waals surface area (Å²) in [5.41, 5.74) is 2.09. The quantitative estimate of drug-likeness (QED) is 0.853. The van der Waals surface area contributed by atoms with E-state index in [1.54, 1.807) is 7.11 Å². The number of aryl methyl sites for hydroxylation is 1. The van der Waals surface area contributed by atoms with Gasteiger partial charge in [0.15, 0.2) is 0 Å².